The summed E-state index contributed by atoms with van der Waals surface area (Å²) in [5, 5.41) is 22.6. The van der Waals surface area contributed by atoms with Gasteiger partial charge in [0.25, 0.3) is 0 Å². The molecule has 0 heterocycles. The van der Waals surface area contributed by atoms with Gasteiger partial charge in [-0.3, -0.25) is 0 Å². The summed E-state index contributed by atoms with van der Waals surface area (Å²) in [7, 11) is 0. The van der Waals surface area contributed by atoms with Crippen LogP contribution in [0, 0.1) is 0 Å². The summed E-state index contributed by atoms with van der Waals surface area (Å²) in [5.74, 6) is 0.236. The Kier molecular flexibility index (Phi) is 5.06. The van der Waals surface area contributed by atoms with Crippen LogP contribution in [0.1, 0.15) is 31.2 Å². The van der Waals surface area contributed by atoms with Gasteiger partial charge in [0, 0.05) is 12.6 Å². The zero-order valence-corrected chi connectivity index (χ0v) is 13.2. The molecule has 1 saturated carbocycles. The van der Waals surface area contributed by atoms with Crippen LogP contribution in [-0.4, -0.2) is 22.4 Å². The molecule has 0 atom stereocenters. The van der Waals surface area contributed by atoms with Crippen LogP contribution < -0.4 is 5.32 Å². The molecule has 0 saturated heterocycles. The summed E-state index contributed by atoms with van der Waals surface area (Å²) in [6.07, 6.45) is 3.73. The molecular weight excluding hydrogens is 362 g/mol. The zero-order valence-electron chi connectivity index (χ0n) is 10.00. The molecule has 0 aliphatic heterocycles. The van der Waals surface area contributed by atoms with Crippen molar-refractivity contribution in [1.29, 1.82) is 0 Å². The van der Waals surface area contributed by atoms with Crippen LogP contribution in [0.15, 0.2) is 21.1 Å². The molecule has 1 aliphatic rings. The number of phenols is 1. The van der Waals surface area contributed by atoms with E-state index in [-0.39, 0.29) is 11.9 Å². The van der Waals surface area contributed by atoms with Crippen molar-refractivity contribution in [2.45, 2.75) is 44.4 Å². The summed E-state index contributed by atoms with van der Waals surface area (Å²) in [6.45, 7) is 0.776. The quantitative estimate of drug-likeness (QED) is 0.756. The Bertz CT molecular complexity index is 394. The number of halogens is 2. The van der Waals surface area contributed by atoms with Gasteiger partial charge in [-0.25, -0.2) is 0 Å². The minimum absolute atomic E-state index is 0.111. The van der Waals surface area contributed by atoms with E-state index in [9.17, 15) is 10.2 Å². The summed E-state index contributed by atoms with van der Waals surface area (Å²) >= 11 is 6.66. The Hall–Kier alpha value is -0.100. The molecule has 100 valence electrons. The molecule has 3 nitrogen and oxygen atoms in total. The van der Waals surface area contributed by atoms with Gasteiger partial charge in [-0.15, -0.1) is 0 Å². The van der Waals surface area contributed by atoms with E-state index in [1.54, 1.807) is 0 Å². The van der Waals surface area contributed by atoms with E-state index in [0.717, 1.165) is 37.8 Å². The van der Waals surface area contributed by atoms with Gasteiger partial charge in [-0.1, -0.05) is 0 Å². The Morgan fingerprint density at radius 1 is 1.11 bits per heavy atom. The van der Waals surface area contributed by atoms with Crippen molar-refractivity contribution >= 4 is 31.9 Å². The van der Waals surface area contributed by atoms with Crippen molar-refractivity contribution in [3.63, 3.8) is 0 Å². The minimum Gasteiger partial charge on any atom is -0.506 e. The minimum atomic E-state index is -0.111. The highest BCUT2D eigenvalue weighted by atomic mass is 79.9. The average Bonchev–Trinajstić information content (AvgIpc) is 2.35. The lowest BCUT2D eigenvalue weighted by atomic mass is 9.93. The normalized spacial score (nSPS) is 24.2. The predicted octanol–water partition coefficient (Wildman–Crippen LogP) is 3.31. The summed E-state index contributed by atoms with van der Waals surface area (Å²) in [5.41, 5.74) is 1.12. The van der Waals surface area contributed by atoms with E-state index in [2.05, 4.69) is 37.2 Å². The number of hydrogen-bond acceptors (Lipinski definition) is 3. The summed E-state index contributed by atoms with van der Waals surface area (Å²) < 4.78 is 1.40. The van der Waals surface area contributed by atoms with Crippen molar-refractivity contribution in [3.05, 3.63) is 26.6 Å². The number of nitrogens with one attached hydrogen (secondary N) is 1. The zero-order chi connectivity index (χ0) is 13.1. The van der Waals surface area contributed by atoms with Gasteiger partial charge in [-0.2, -0.15) is 0 Å². The van der Waals surface area contributed by atoms with Crippen LogP contribution in [0.2, 0.25) is 0 Å². The standard InChI is InChI=1S/C13H17Br2NO2/c14-11-5-8(6-12(15)13(11)18)7-16-9-1-3-10(17)4-2-9/h5-6,9-10,16-18H,1-4,7H2/t9-,10-. The number of benzene rings is 1. The maximum Gasteiger partial charge on any atom is 0.143 e. The lowest BCUT2D eigenvalue weighted by Crippen LogP contribution is -2.34. The molecule has 1 aromatic carbocycles. The first-order valence-corrected chi connectivity index (χ1v) is 7.73. The first-order chi connectivity index (χ1) is 8.56. The molecule has 1 fully saturated rings. The van der Waals surface area contributed by atoms with Gasteiger partial charge in [0.05, 0.1) is 15.0 Å². The first-order valence-electron chi connectivity index (χ1n) is 6.14. The third-order valence-corrected chi connectivity index (χ3v) is 4.58. The average molecular weight is 379 g/mol. The van der Waals surface area contributed by atoms with E-state index >= 15 is 0 Å². The predicted molar refractivity (Wildman–Crippen MR) is 78.6 cm³/mol. The van der Waals surface area contributed by atoms with Crippen molar-refractivity contribution in [2.24, 2.45) is 0 Å². The largest absolute Gasteiger partial charge is 0.506 e. The number of phenolic OH excluding ortho intramolecular Hbond substituents is 1. The topological polar surface area (TPSA) is 52.5 Å². The Labute approximate surface area is 124 Å². The van der Waals surface area contributed by atoms with Gasteiger partial charge < -0.3 is 15.5 Å². The highest BCUT2D eigenvalue weighted by Crippen LogP contribution is 2.33. The van der Waals surface area contributed by atoms with Gasteiger partial charge in [0.2, 0.25) is 0 Å². The van der Waals surface area contributed by atoms with E-state index < -0.39 is 0 Å². The number of aliphatic hydroxyl groups is 1. The second-order valence-corrected chi connectivity index (χ2v) is 6.50. The Morgan fingerprint density at radius 2 is 1.67 bits per heavy atom. The Morgan fingerprint density at radius 3 is 2.22 bits per heavy atom. The van der Waals surface area contributed by atoms with Crippen molar-refractivity contribution in [1.82, 2.24) is 5.32 Å². The summed E-state index contributed by atoms with van der Waals surface area (Å²) in [6, 6.07) is 4.33. The molecule has 1 aromatic rings. The first kappa shape index (κ1) is 14.3. The molecule has 0 bridgehead atoms. The highest BCUT2D eigenvalue weighted by Gasteiger charge is 2.18. The number of rotatable bonds is 3. The van der Waals surface area contributed by atoms with Crippen molar-refractivity contribution in [3.8, 4) is 5.75 Å². The van der Waals surface area contributed by atoms with Crippen LogP contribution in [-0.2, 0) is 6.54 Å². The van der Waals surface area contributed by atoms with Gasteiger partial charge in [0.15, 0.2) is 0 Å². The number of aromatic hydroxyl groups is 1. The maximum atomic E-state index is 9.63. The second-order valence-electron chi connectivity index (χ2n) is 4.79. The van der Waals surface area contributed by atoms with Crippen LogP contribution in [0.3, 0.4) is 0 Å². The number of hydrogen-bond donors (Lipinski definition) is 3. The lowest BCUT2D eigenvalue weighted by Gasteiger charge is -2.26. The maximum absolute atomic E-state index is 9.63. The van der Waals surface area contributed by atoms with E-state index in [1.807, 2.05) is 12.1 Å². The molecule has 3 N–H and O–H groups in total. The second kappa shape index (κ2) is 6.37. The third-order valence-electron chi connectivity index (χ3n) is 3.37. The molecule has 0 radical (unpaired) electrons. The highest BCUT2D eigenvalue weighted by molar-refractivity contribution is 9.11. The lowest BCUT2D eigenvalue weighted by molar-refractivity contribution is 0.116. The monoisotopic (exact) mass is 377 g/mol. The molecule has 0 unspecified atom stereocenters. The fourth-order valence-corrected chi connectivity index (χ4v) is 3.54. The summed E-state index contributed by atoms with van der Waals surface area (Å²) in [4.78, 5) is 0. The molecule has 2 rings (SSSR count). The molecular formula is C13H17Br2NO2. The van der Waals surface area contributed by atoms with Crippen molar-refractivity contribution in [2.75, 3.05) is 0 Å². The van der Waals surface area contributed by atoms with Gasteiger partial charge in [0.1, 0.15) is 5.75 Å². The van der Waals surface area contributed by atoms with Crippen molar-refractivity contribution < 1.29 is 10.2 Å². The molecule has 1 aliphatic carbocycles. The molecule has 0 spiro atoms. The van der Waals surface area contributed by atoms with E-state index in [4.69, 9.17) is 0 Å². The van der Waals surface area contributed by atoms with Gasteiger partial charge >= 0.3 is 0 Å². The van der Waals surface area contributed by atoms with E-state index in [1.165, 1.54) is 0 Å². The molecule has 5 heteroatoms. The van der Waals surface area contributed by atoms with Crippen LogP contribution in [0.5, 0.6) is 5.75 Å². The Balaban J connectivity index is 1.90. The van der Waals surface area contributed by atoms with Crippen LogP contribution in [0.25, 0.3) is 0 Å². The number of aliphatic hydroxyl groups excluding tert-OH is 1. The third kappa shape index (κ3) is 3.70. The molecule has 0 amide bonds. The SMILES string of the molecule is Oc1c(Br)cc(CN[C@H]2CC[C@H](O)CC2)cc1Br. The fourth-order valence-electron chi connectivity index (χ4n) is 2.26. The van der Waals surface area contributed by atoms with Gasteiger partial charge in [-0.05, 0) is 75.2 Å². The van der Waals surface area contributed by atoms with Crippen LogP contribution in [0.4, 0.5) is 0 Å². The smallest absolute Gasteiger partial charge is 0.143 e. The van der Waals surface area contributed by atoms with E-state index in [0.29, 0.717) is 15.0 Å². The fraction of sp³-hybridized carbons (Fsp3) is 0.538. The molecule has 0 aromatic heterocycles. The molecule has 18 heavy (non-hydrogen) atoms. The van der Waals surface area contributed by atoms with Crippen LogP contribution >= 0.6 is 31.9 Å².